The van der Waals surface area contributed by atoms with Crippen LogP contribution in [0.5, 0.6) is 0 Å². The van der Waals surface area contributed by atoms with Gasteiger partial charge in [0.25, 0.3) is 0 Å². The molecule has 0 radical (unpaired) electrons. The molecular formula is C5H4ClN2NaS. The quantitative estimate of drug-likeness (QED) is 0.381. The fourth-order valence-electron chi connectivity index (χ4n) is 0.435. The number of aromatic nitrogens is 1. The van der Waals surface area contributed by atoms with Crippen LogP contribution in [0.1, 0.15) is 0 Å². The fraction of sp³-hybridized carbons (Fsp3) is 0. The molecule has 10 heavy (non-hydrogen) atoms. The van der Waals surface area contributed by atoms with Gasteiger partial charge in [-0.3, -0.25) is 0 Å². The van der Waals surface area contributed by atoms with Gasteiger partial charge in [-0.1, -0.05) is 11.6 Å². The van der Waals surface area contributed by atoms with E-state index < -0.39 is 0 Å². The van der Waals surface area contributed by atoms with E-state index in [0.29, 0.717) is 15.7 Å². The van der Waals surface area contributed by atoms with Crippen molar-refractivity contribution in [1.29, 1.82) is 0 Å². The Morgan fingerprint density at radius 2 is 2.20 bits per heavy atom. The van der Waals surface area contributed by atoms with Gasteiger partial charge >= 0.3 is 29.6 Å². The van der Waals surface area contributed by atoms with E-state index in [2.05, 4.69) is 4.98 Å². The maximum atomic E-state index is 5.56. The monoisotopic (exact) mass is 182 g/mol. The average molecular weight is 183 g/mol. The Morgan fingerprint density at radius 1 is 1.60 bits per heavy atom. The molecule has 2 N–H and O–H groups in total. The first-order chi connectivity index (χ1) is 4.20. The summed E-state index contributed by atoms with van der Waals surface area (Å²) >= 11 is 10.3. The molecule has 0 aliphatic carbocycles. The van der Waals surface area contributed by atoms with Crippen molar-refractivity contribution in [3.63, 3.8) is 0 Å². The van der Waals surface area contributed by atoms with Crippen molar-refractivity contribution in [2.45, 2.75) is 4.90 Å². The van der Waals surface area contributed by atoms with Crippen LogP contribution in [-0.2, 0) is 12.6 Å². The fourth-order valence-corrected chi connectivity index (χ4v) is 0.712. The summed E-state index contributed by atoms with van der Waals surface area (Å²) in [6, 6.07) is 1.55. The van der Waals surface area contributed by atoms with Gasteiger partial charge < -0.3 is 18.4 Å². The molecule has 0 atom stereocenters. The van der Waals surface area contributed by atoms with Gasteiger partial charge in [0, 0.05) is 11.2 Å². The van der Waals surface area contributed by atoms with Crippen molar-refractivity contribution in [1.82, 2.24) is 4.98 Å². The van der Waals surface area contributed by atoms with Crippen molar-refractivity contribution in [2.75, 3.05) is 5.73 Å². The van der Waals surface area contributed by atoms with E-state index in [1.54, 1.807) is 6.07 Å². The molecule has 1 aromatic heterocycles. The topological polar surface area (TPSA) is 38.9 Å². The summed E-state index contributed by atoms with van der Waals surface area (Å²) in [5, 5.41) is 0.471. The Balaban J connectivity index is 0.000000810. The largest absolute Gasteiger partial charge is 1.00 e. The van der Waals surface area contributed by atoms with Gasteiger partial charge in [0.15, 0.2) is 0 Å². The molecule has 0 fully saturated rings. The van der Waals surface area contributed by atoms with E-state index >= 15 is 0 Å². The van der Waals surface area contributed by atoms with Crippen molar-refractivity contribution in [3.8, 4) is 0 Å². The molecule has 0 spiro atoms. The minimum atomic E-state index is 0. The molecule has 0 saturated carbocycles. The number of nitrogens with two attached hydrogens (primary N) is 1. The van der Waals surface area contributed by atoms with Crippen LogP contribution in [0.25, 0.3) is 0 Å². The van der Waals surface area contributed by atoms with Crippen molar-refractivity contribution >= 4 is 30.0 Å². The van der Waals surface area contributed by atoms with Crippen LogP contribution in [0, 0.1) is 0 Å². The zero-order valence-corrected chi connectivity index (χ0v) is 9.04. The SMILES string of the molecule is Nc1cc([S-])c(Cl)cn1.[Na+]. The smallest absolute Gasteiger partial charge is 0.778 e. The van der Waals surface area contributed by atoms with Gasteiger partial charge in [-0.15, -0.1) is 0 Å². The van der Waals surface area contributed by atoms with Crippen LogP contribution in [0.2, 0.25) is 5.02 Å². The molecule has 0 aliphatic heterocycles. The predicted molar refractivity (Wildman–Crippen MR) is 39.3 cm³/mol. The first-order valence-electron chi connectivity index (χ1n) is 2.28. The number of hydrogen-bond acceptors (Lipinski definition) is 3. The minimum Gasteiger partial charge on any atom is -0.778 e. The Morgan fingerprint density at radius 3 is 2.60 bits per heavy atom. The minimum absolute atomic E-state index is 0. The van der Waals surface area contributed by atoms with Crippen LogP contribution >= 0.6 is 11.6 Å². The molecule has 0 aliphatic rings. The second-order valence-corrected chi connectivity index (χ2v) is 2.39. The molecule has 2 nitrogen and oxygen atoms in total. The molecule has 0 aromatic carbocycles. The van der Waals surface area contributed by atoms with Crippen molar-refractivity contribution in [3.05, 3.63) is 17.3 Å². The Bertz CT molecular complexity index is 231. The van der Waals surface area contributed by atoms with Gasteiger partial charge in [0.1, 0.15) is 5.82 Å². The van der Waals surface area contributed by atoms with Gasteiger partial charge in [-0.25, -0.2) is 4.98 Å². The molecule has 0 bridgehead atoms. The van der Waals surface area contributed by atoms with Crippen LogP contribution in [-0.4, -0.2) is 4.98 Å². The van der Waals surface area contributed by atoms with E-state index in [4.69, 9.17) is 30.0 Å². The zero-order chi connectivity index (χ0) is 6.85. The number of pyridine rings is 1. The van der Waals surface area contributed by atoms with E-state index in [1.807, 2.05) is 0 Å². The summed E-state index contributed by atoms with van der Waals surface area (Å²) in [4.78, 5) is 4.26. The van der Waals surface area contributed by atoms with Crippen LogP contribution < -0.4 is 35.3 Å². The zero-order valence-electron chi connectivity index (χ0n) is 5.47. The Hall–Kier alpha value is 0.460. The summed E-state index contributed by atoms with van der Waals surface area (Å²) < 4.78 is 0. The van der Waals surface area contributed by atoms with Crippen molar-refractivity contribution < 1.29 is 29.6 Å². The summed E-state index contributed by atoms with van der Waals surface area (Å²) in [6.07, 6.45) is 1.44. The van der Waals surface area contributed by atoms with Crippen LogP contribution in [0.15, 0.2) is 17.2 Å². The normalized spacial score (nSPS) is 8.50. The van der Waals surface area contributed by atoms with E-state index in [9.17, 15) is 0 Å². The number of nitrogen functional groups attached to an aromatic ring is 1. The summed E-state index contributed by atoms with van der Waals surface area (Å²) in [5.41, 5.74) is 5.29. The maximum absolute atomic E-state index is 5.56. The molecule has 1 rings (SSSR count). The third-order valence-corrected chi connectivity index (χ3v) is 1.59. The molecule has 0 unspecified atom stereocenters. The van der Waals surface area contributed by atoms with Gasteiger partial charge in [-0.05, 0) is 6.07 Å². The third kappa shape index (κ3) is 2.60. The Labute approximate surface area is 91.9 Å². The maximum Gasteiger partial charge on any atom is 1.00 e. The number of rotatable bonds is 0. The standard InChI is InChI=1S/C5H5ClN2S.Na/c6-3-2-8-5(7)1-4(3)9;/h1-2H,(H3,7,8,9);/q;+1/p-1. The van der Waals surface area contributed by atoms with E-state index in [-0.39, 0.29) is 29.6 Å². The van der Waals surface area contributed by atoms with E-state index in [1.165, 1.54) is 6.20 Å². The summed E-state index contributed by atoms with van der Waals surface area (Å²) in [6.45, 7) is 0. The molecule has 5 heteroatoms. The van der Waals surface area contributed by atoms with Crippen LogP contribution in [0.3, 0.4) is 0 Å². The molecule has 0 amide bonds. The molecule has 1 heterocycles. The molecular weight excluding hydrogens is 179 g/mol. The van der Waals surface area contributed by atoms with Gasteiger partial charge in [-0.2, -0.15) is 4.90 Å². The average Bonchev–Trinajstić information content (AvgIpc) is 1.80. The molecule has 0 saturated heterocycles. The molecule has 48 valence electrons. The summed E-state index contributed by atoms with van der Waals surface area (Å²) in [5.74, 6) is 0.407. The number of halogens is 1. The van der Waals surface area contributed by atoms with Gasteiger partial charge in [0.2, 0.25) is 0 Å². The Kier molecular flexibility index (Phi) is 4.56. The second-order valence-electron chi connectivity index (χ2n) is 1.54. The first kappa shape index (κ1) is 10.5. The predicted octanol–water partition coefficient (Wildman–Crippen LogP) is -1.77. The molecule has 1 aromatic rings. The van der Waals surface area contributed by atoms with Gasteiger partial charge in [0.05, 0.1) is 0 Å². The number of hydrogen-bond donors (Lipinski definition) is 1. The summed E-state index contributed by atoms with van der Waals surface area (Å²) in [7, 11) is 0. The van der Waals surface area contributed by atoms with Crippen molar-refractivity contribution in [2.24, 2.45) is 0 Å². The second kappa shape index (κ2) is 4.36. The third-order valence-electron chi connectivity index (χ3n) is 0.841. The number of anilines is 1. The van der Waals surface area contributed by atoms with E-state index in [0.717, 1.165) is 0 Å². The van der Waals surface area contributed by atoms with Crippen LogP contribution in [0.4, 0.5) is 5.82 Å². The number of nitrogens with zero attached hydrogens (tertiary/aromatic N) is 1. The first-order valence-corrected chi connectivity index (χ1v) is 3.07.